The summed E-state index contributed by atoms with van der Waals surface area (Å²) in [5.41, 5.74) is 6.22. The summed E-state index contributed by atoms with van der Waals surface area (Å²) in [7, 11) is 0. The van der Waals surface area contributed by atoms with E-state index in [1.54, 1.807) is 0 Å². The number of hydrogen-bond donors (Lipinski definition) is 2. The van der Waals surface area contributed by atoms with Crippen LogP contribution >= 0.6 is 0 Å². The van der Waals surface area contributed by atoms with Crippen molar-refractivity contribution in [3.63, 3.8) is 0 Å². The molecule has 144 valence electrons. The van der Waals surface area contributed by atoms with Crippen molar-refractivity contribution in [3.05, 3.63) is 52.3 Å². The van der Waals surface area contributed by atoms with E-state index >= 15 is 0 Å². The standard InChI is InChI=1S/C21H29N5O/c1-15-5-3-4-6-18(15)17-7-10-25(13-17)12-9-22-21(27)26-11-8-20-19(14-26)16(2)23-24-20/h3-6,17H,7-14H2,1-2H3,(H,22,27)(H,23,24). The largest absolute Gasteiger partial charge is 0.337 e. The Hall–Kier alpha value is -2.34. The molecule has 0 bridgehead atoms. The highest BCUT2D eigenvalue weighted by atomic mass is 16.2. The van der Waals surface area contributed by atoms with E-state index in [4.69, 9.17) is 0 Å². The van der Waals surface area contributed by atoms with Gasteiger partial charge in [0.2, 0.25) is 0 Å². The molecule has 2 aliphatic heterocycles. The minimum atomic E-state index is 0.0379. The molecule has 6 nitrogen and oxygen atoms in total. The first kappa shape index (κ1) is 18.0. The van der Waals surface area contributed by atoms with Gasteiger partial charge >= 0.3 is 6.03 Å². The molecule has 4 rings (SSSR count). The number of benzene rings is 1. The number of fused-ring (bicyclic) bond motifs is 1. The first-order valence-corrected chi connectivity index (χ1v) is 9.95. The number of hydrogen-bond acceptors (Lipinski definition) is 3. The van der Waals surface area contributed by atoms with Crippen LogP contribution in [0.4, 0.5) is 4.79 Å². The van der Waals surface area contributed by atoms with E-state index in [1.165, 1.54) is 23.1 Å². The zero-order valence-electron chi connectivity index (χ0n) is 16.3. The molecule has 1 unspecified atom stereocenters. The van der Waals surface area contributed by atoms with Crippen molar-refractivity contribution in [2.24, 2.45) is 0 Å². The molecule has 1 saturated heterocycles. The summed E-state index contributed by atoms with van der Waals surface area (Å²) >= 11 is 0. The number of carbonyl (C=O) groups excluding carboxylic acids is 1. The van der Waals surface area contributed by atoms with Gasteiger partial charge in [-0.1, -0.05) is 24.3 Å². The molecule has 1 atom stereocenters. The smallest absolute Gasteiger partial charge is 0.317 e. The Bertz CT molecular complexity index is 815. The Kier molecular flexibility index (Phi) is 5.16. The molecule has 1 fully saturated rings. The van der Waals surface area contributed by atoms with Crippen LogP contribution in [0.25, 0.3) is 0 Å². The van der Waals surface area contributed by atoms with Crippen molar-refractivity contribution in [3.8, 4) is 0 Å². The maximum Gasteiger partial charge on any atom is 0.317 e. The number of likely N-dealkylation sites (tertiary alicyclic amines) is 1. The highest BCUT2D eigenvalue weighted by molar-refractivity contribution is 5.74. The second-order valence-electron chi connectivity index (χ2n) is 7.82. The van der Waals surface area contributed by atoms with E-state index in [0.29, 0.717) is 19.0 Å². The van der Waals surface area contributed by atoms with Gasteiger partial charge in [0.15, 0.2) is 0 Å². The molecule has 0 spiro atoms. The van der Waals surface area contributed by atoms with Crippen LogP contribution in [-0.4, -0.2) is 58.8 Å². The van der Waals surface area contributed by atoms with Gasteiger partial charge in [-0.2, -0.15) is 5.10 Å². The molecule has 2 amide bonds. The third-order valence-corrected chi connectivity index (χ3v) is 6.02. The van der Waals surface area contributed by atoms with Gasteiger partial charge in [0, 0.05) is 43.9 Å². The fourth-order valence-electron chi connectivity index (χ4n) is 4.37. The number of aryl methyl sites for hydroxylation is 2. The molecule has 6 heteroatoms. The third kappa shape index (κ3) is 3.86. The molecule has 2 aliphatic rings. The number of rotatable bonds is 4. The average Bonchev–Trinajstić information content (AvgIpc) is 3.29. The number of nitrogens with one attached hydrogen (secondary N) is 2. The van der Waals surface area contributed by atoms with Crippen molar-refractivity contribution < 1.29 is 4.79 Å². The molecule has 2 N–H and O–H groups in total. The van der Waals surface area contributed by atoms with Gasteiger partial charge in [-0.3, -0.25) is 5.10 Å². The fourth-order valence-corrected chi connectivity index (χ4v) is 4.37. The van der Waals surface area contributed by atoms with E-state index in [0.717, 1.165) is 44.0 Å². The Balaban J connectivity index is 1.23. The predicted octanol–water partition coefficient (Wildman–Crippen LogP) is 2.58. The Labute approximate surface area is 160 Å². The van der Waals surface area contributed by atoms with Crippen LogP contribution in [0.1, 0.15) is 40.4 Å². The quantitative estimate of drug-likeness (QED) is 0.873. The number of carbonyl (C=O) groups is 1. The second-order valence-corrected chi connectivity index (χ2v) is 7.82. The molecular weight excluding hydrogens is 338 g/mol. The van der Waals surface area contributed by atoms with Crippen LogP contribution in [0.15, 0.2) is 24.3 Å². The van der Waals surface area contributed by atoms with Crippen LogP contribution < -0.4 is 5.32 Å². The number of aromatic amines is 1. The highest BCUT2D eigenvalue weighted by Gasteiger charge is 2.26. The van der Waals surface area contributed by atoms with E-state index < -0.39 is 0 Å². The van der Waals surface area contributed by atoms with Gasteiger partial charge in [-0.15, -0.1) is 0 Å². The van der Waals surface area contributed by atoms with Gasteiger partial charge in [0.05, 0.1) is 12.2 Å². The first-order valence-electron chi connectivity index (χ1n) is 9.95. The van der Waals surface area contributed by atoms with Crippen molar-refractivity contribution in [1.29, 1.82) is 0 Å². The van der Waals surface area contributed by atoms with Crippen LogP contribution in [0, 0.1) is 13.8 Å². The molecule has 0 saturated carbocycles. The lowest BCUT2D eigenvalue weighted by atomic mass is 9.94. The topological polar surface area (TPSA) is 64.3 Å². The number of urea groups is 1. The van der Waals surface area contributed by atoms with Crippen LogP contribution in [-0.2, 0) is 13.0 Å². The minimum Gasteiger partial charge on any atom is -0.337 e. The first-order chi connectivity index (χ1) is 13.1. The number of amides is 2. The Morgan fingerprint density at radius 3 is 3.00 bits per heavy atom. The van der Waals surface area contributed by atoms with Crippen LogP contribution in [0.5, 0.6) is 0 Å². The summed E-state index contributed by atoms with van der Waals surface area (Å²) < 4.78 is 0. The van der Waals surface area contributed by atoms with Crippen molar-refractivity contribution in [2.75, 3.05) is 32.7 Å². The van der Waals surface area contributed by atoms with Gasteiger partial charge in [0.25, 0.3) is 0 Å². The normalized spacial score (nSPS) is 19.9. The van der Waals surface area contributed by atoms with Crippen LogP contribution in [0.3, 0.4) is 0 Å². The summed E-state index contributed by atoms with van der Waals surface area (Å²) in [4.78, 5) is 16.9. The van der Waals surface area contributed by atoms with Crippen molar-refractivity contribution in [2.45, 2.75) is 39.2 Å². The summed E-state index contributed by atoms with van der Waals surface area (Å²) in [5, 5.41) is 10.4. The summed E-state index contributed by atoms with van der Waals surface area (Å²) in [5.74, 6) is 0.617. The number of aromatic nitrogens is 2. The lowest BCUT2D eigenvalue weighted by Gasteiger charge is -2.27. The summed E-state index contributed by atoms with van der Waals surface area (Å²) in [6, 6.07) is 8.74. The minimum absolute atomic E-state index is 0.0379. The molecule has 2 aromatic rings. The van der Waals surface area contributed by atoms with Gasteiger partial charge in [-0.05, 0) is 43.9 Å². The summed E-state index contributed by atoms with van der Waals surface area (Å²) in [6.45, 7) is 9.42. The highest BCUT2D eigenvalue weighted by Crippen LogP contribution is 2.29. The maximum absolute atomic E-state index is 12.5. The Morgan fingerprint density at radius 1 is 1.30 bits per heavy atom. The predicted molar refractivity (Wildman–Crippen MR) is 106 cm³/mol. The SMILES string of the molecule is Cc1ccccc1C1CCN(CCNC(=O)N2CCc3n[nH]c(C)c3C2)C1. The van der Waals surface area contributed by atoms with Crippen molar-refractivity contribution >= 4 is 6.03 Å². The monoisotopic (exact) mass is 367 g/mol. The molecule has 1 aromatic carbocycles. The Morgan fingerprint density at radius 2 is 2.15 bits per heavy atom. The summed E-state index contributed by atoms with van der Waals surface area (Å²) in [6.07, 6.45) is 2.03. The number of nitrogens with zero attached hydrogens (tertiary/aromatic N) is 3. The molecular formula is C21H29N5O. The zero-order chi connectivity index (χ0) is 18.8. The molecule has 1 aromatic heterocycles. The van der Waals surface area contributed by atoms with Crippen LogP contribution in [0.2, 0.25) is 0 Å². The van der Waals surface area contributed by atoms with Gasteiger partial charge in [0.1, 0.15) is 0 Å². The lowest BCUT2D eigenvalue weighted by Crippen LogP contribution is -2.44. The van der Waals surface area contributed by atoms with Gasteiger partial charge in [-0.25, -0.2) is 4.79 Å². The van der Waals surface area contributed by atoms with Gasteiger partial charge < -0.3 is 15.1 Å². The third-order valence-electron chi connectivity index (χ3n) is 6.02. The van der Waals surface area contributed by atoms with E-state index in [-0.39, 0.29) is 6.03 Å². The molecule has 3 heterocycles. The van der Waals surface area contributed by atoms with E-state index in [1.807, 2.05) is 11.8 Å². The molecule has 0 aliphatic carbocycles. The van der Waals surface area contributed by atoms with Crippen molar-refractivity contribution in [1.82, 2.24) is 25.3 Å². The number of H-pyrrole nitrogens is 1. The fraction of sp³-hybridized carbons (Fsp3) is 0.524. The van der Waals surface area contributed by atoms with E-state index in [2.05, 4.69) is 51.6 Å². The lowest BCUT2D eigenvalue weighted by molar-refractivity contribution is 0.190. The zero-order valence-corrected chi connectivity index (χ0v) is 16.3. The molecule has 27 heavy (non-hydrogen) atoms. The second kappa shape index (κ2) is 7.72. The average molecular weight is 367 g/mol. The maximum atomic E-state index is 12.5. The molecule has 0 radical (unpaired) electrons. The van der Waals surface area contributed by atoms with E-state index in [9.17, 15) is 4.79 Å².